The minimum Gasteiger partial charge on any atom is -0.393 e. The van der Waals surface area contributed by atoms with Crippen molar-refractivity contribution in [1.29, 1.82) is 0 Å². The van der Waals surface area contributed by atoms with Gasteiger partial charge < -0.3 is 15.3 Å². The molecule has 3 nitrogen and oxygen atoms in total. The summed E-state index contributed by atoms with van der Waals surface area (Å²) in [5, 5.41) is 31.9. The van der Waals surface area contributed by atoms with Crippen LogP contribution in [0.25, 0.3) is 0 Å². The summed E-state index contributed by atoms with van der Waals surface area (Å²) in [5.41, 5.74) is 3.20. The smallest absolute Gasteiger partial charge is 0.0772 e. The van der Waals surface area contributed by atoms with Gasteiger partial charge in [0.05, 0.1) is 17.8 Å². The Morgan fingerprint density at radius 2 is 1.61 bits per heavy atom. The number of fused-ring (bicyclic) bond motifs is 4. The van der Waals surface area contributed by atoms with Crippen LogP contribution < -0.4 is 0 Å². The third-order valence-electron chi connectivity index (χ3n) is 11.7. The van der Waals surface area contributed by atoms with Gasteiger partial charge in [-0.05, 0) is 105 Å². The third kappa shape index (κ3) is 3.71. The van der Waals surface area contributed by atoms with E-state index in [4.69, 9.17) is 0 Å². The van der Waals surface area contributed by atoms with Crippen molar-refractivity contribution < 1.29 is 15.3 Å². The van der Waals surface area contributed by atoms with Gasteiger partial charge in [-0.25, -0.2) is 0 Å². The van der Waals surface area contributed by atoms with Crippen LogP contribution in [-0.2, 0) is 0 Å². The van der Waals surface area contributed by atoms with Gasteiger partial charge in [-0.3, -0.25) is 0 Å². The van der Waals surface area contributed by atoms with Crippen molar-refractivity contribution >= 4 is 0 Å². The lowest BCUT2D eigenvalue weighted by molar-refractivity contribution is -0.0967. The van der Waals surface area contributed by atoms with E-state index in [1.54, 1.807) is 31.1 Å². The van der Waals surface area contributed by atoms with Crippen LogP contribution in [-0.4, -0.2) is 33.1 Å². The van der Waals surface area contributed by atoms with Gasteiger partial charge in [0.15, 0.2) is 0 Å². The van der Waals surface area contributed by atoms with E-state index in [0.29, 0.717) is 11.8 Å². The van der Waals surface area contributed by atoms with E-state index in [1.165, 1.54) is 38.5 Å². The fourth-order valence-corrected chi connectivity index (χ4v) is 9.31. The van der Waals surface area contributed by atoms with Crippen LogP contribution in [0.4, 0.5) is 0 Å². The number of allylic oxidation sites excluding steroid dienone is 2. The first kappa shape index (κ1) is 25.5. The molecule has 0 radical (unpaired) electrons. The number of aliphatic hydroxyl groups excluding tert-OH is 2. The number of hydrogen-bond acceptors (Lipinski definition) is 3. The molecule has 8 atom stereocenters. The highest BCUT2D eigenvalue weighted by atomic mass is 16.3. The van der Waals surface area contributed by atoms with E-state index >= 15 is 0 Å². The molecule has 0 amide bonds. The van der Waals surface area contributed by atoms with E-state index in [1.807, 2.05) is 6.08 Å². The van der Waals surface area contributed by atoms with Crippen LogP contribution in [0.3, 0.4) is 0 Å². The fourth-order valence-electron chi connectivity index (χ4n) is 9.31. The van der Waals surface area contributed by atoms with Gasteiger partial charge in [-0.1, -0.05) is 64.8 Å². The highest BCUT2D eigenvalue weighted by Gasteiger charge is 2.63. The van der Waals surface area contributed by atoms with Crippen molar-refractivity contribution in [3.05, 3.63) is 23.3 Å². The summed E-state index contributed by atoms with van der Waals surface area (Å²) in [6.45, 7) is 17.9. The highest BCUT2D eigenvalue weighted by molar-refractivity contribution is 5.38. The standard InChI is InChI=1S/C30H50O3/c1-19(23(31)13-15-26(2,3)33)20-11-17-30(8)22-9-10-24-27(4,5)25(32)14-16-28(24,6)21(22)12-18-29(20,30)7/h13,15,19-20,23-25,31-33H,9-12,14,16-18H2,1-8H3. The van der Waals surface area contributed by atoms with Gasteiger partial charge in [0.25, 0.3) is 0 Å². The zero-order chi connectivity index (χ0) is 24.6. The summed E-state index contributed by atoms with van der Waals surface area (Å²) in [5.74, 6) is 1.21. The normalized spacial score (nSPS) is 44.9. The van der Waals surface area contributed by atoms with Crippen molar-refractivity contribution in [2.75, 3.05) is 0 Å². The molecule has 0 aromatic carbocycles. The van der Waals surface area contributed by atoms with Crippen LogP contribution in [0, 0.1) is 39.4 Å². The monoisotopic (exact) mass is 458 g/mol. The summed E-state index contributed by atoms with van der Waals surface area (Å²) >= 11 is 0. The van der Waals surface area contributed by atoms with Crippen LogP contribution >= 0.6 is 0 Å². The van der Waals surface area contributed by atoms with Crippen molar-refractivity contribution in [3.8, 4) is 0 Å². The Labute approximate surface area is 202 Å². The Kier molecular flexibility index (Phi) is 6.12. The van der Waals surface area contributed by atoms with Crippen molar-refractivity contribution in [2.24, 2.45) is 39.4 Å². The van der Waals surface area contributed by atoms with Crippen LogP contribution in [0.5, 0.6) is 0 Å². The minimum absolute atomic E-state index is 0.0170. The third-order valence-corrected chi connectivity index (χ3v) is 11.7. The number of rotatable bonds is 4. The summed E-state index contributed by atoms with van der Waals surface area (Å²) in [4.78, 5) is 0. The minimum atomic E-state index is -0.894. The summed E-state index contributed by atoms with van der Waals surface area (Å²) in [6, 6.07) is 0. The van der Waals surface area contributed by atoms with E-state index in [2.05, 4.69) is 41.5 Å². The van der Waals surface area contributed by atoms with Crippen molar-refractivity contribution in [2.45, 2.75) is 125 Å². The van der Waals surface area contributed by atoms with E-state index < -0.39 is 11.7 Å². The second-order valence-electron chi connectivity index (χ2n) is 14.1. The average Bonchev–Trinajstić information content (AvgIpc) is 3.00. The molecule has 0 saturated heterocycles. The van der Waals surface area contributed by atoms with Gasteiger partial charge >= 0.3 is 0 Å². The SMILES string of the molecule is CC(C(O)C=CC(C)(C)O)C1CCC2(C)C3=C(CCC12C)C1(C)CCC(O)C(C)(C)C1CC3. The Morgan fingerprint density at radius 1 is 0.939 bits per heavy atom. The predicted octanol–water partition coefficient (Wildman–Crippen LogP) is 6.42. The molecule has 0 spiro atoms. The lowest BCUT2D eigenvalue weighted by atomic mass is 9.43. The second-order valence-corrected chi connectivity index (χ2v) is 14.1. The molecule has 188 valence electrons. The lowest BCUT2D eigenvalue weighted by Gasteiger charge is -2.62. The first-order chi connectivity index (χ1) is 15.1. The van der Waals surface area contributed by atoms with Crippen LogP contribution in [0.1, 0.15) is 107 Å². The first-order valence-corrected chi connectivity index (χ1v) is 13.6. The molecule has 4 rings (SSSR count). The molecule has 2 saturated carbocycles. The molecule has 2 fully saturated rings. The van der Waals surface area contributed by atoms with Crippen molar-refractivity contribution in [1.82, 2.24) is 0 Å². The first-order valence-electron chi connectivity index (χ1n) is 13.6. The molecule has 4 aliphatic carbocycles. The fraction of sp³-hybridized carbons (Fsp3) is 0.867. The molecule has 33 heavy (non-hydrogen) atoms. The Balaban J connectivity index is 1.66. The molecular weight excluding hydrogens is 408 g/mol. The zero-order valence-corrected chi connectivity index (χ0v) is 22.5. The molecule has 0 aliphatic heterocycles. The Morgan fingerprint density at radius 3 is 2.24 bits per heavy atom. The molecule has 3 N–H and O–H groups in total. The van der Waals surface area contributed by atoms with Crippen molar-refractivity contribution in [3.63, 3.8) is 0 Å². The molecular formula is C30H50O3. The topological polar surface area (TPSA) is 60.7 Å². The maximum Gasteiger partial charge on any atom is 0.0772 e. The van der Waals surface area contributed by atoms with E-state index in [0.717, 1.165) is 12.8 Å². The molecule has 3 heteroatoms. The average molecular weight is 459 g/mol. The highest BCUT2D eigenvalue weighted by Crippen LogP contribution is 2.72. The van der Waals surface area contributed by atoms with Gasteiger partial charge in [-0.2, -0.15) is 0 Å². The molecule has 0 aromatic heterocycles. The Hall–Kier alpha value is -0.640. The molecule has 4 aliphatic rings. The van der Waals surface area contributed by atoms with E-state index in [9.17, 15) is 15.3 Å². The largest absolute Gasteiger partial charge is 0.393 e. The summed E-state index contributed by atoms with van der Waals surface area (Å²) in [7, 11) is 0. The molecule has 0 aromatic rings. The predicted molar refractivity (Wildman–Crippen MR) is 136 cm³/mol. The maximum absolute atomic E-state index is 11.0. The summed E-state index contributed by atoms with van der Waals surface area (Å²) < 4.78 is 0. The van der Waals surface area contributed by atoms with Gasteiger partial charge in [0.2, 0.25) is 0 Å². The summed E-state index contributed by atoms with van der Waals surface area (Å²) in [6.07, 6.45) is 12.0. The lowest BCUT2D eigenvalue weighted by Crippen LogP contribution is -2.55. The molecule has 8 unspecified atom stereocenters. The van der Waals surface area contributed by atoms with Gasteiger partial charge in [-0.15, -0.1) is 0 Å². The van der Waals surface area contributed by atoms with Crippen LogP contribution in [0.15, 0.2) is 23.3 Å². The molecule has 0 bridgehead atoms. The maximum atomic E-state index is 11.0. The van der Waals surface area contributed by atoms with Gasteiger partial charge in [0.1, 0.15) is 0 Å². The number of aliphatic hydroxyl groups is 3. The van der Waals surface area contributed by atoms with Gasteiger partial charge in [0, 0.05) is 0 Å². The quantitative estimate of drug-likeness (QED) is 0.426. The van der Waals surface area contributed by atoms with E-state index in [-0.39, 0.29) is 33.7 Å². The van der Waals surface area contributed by atoms with Crippen LogP contribution in [0.2, 0.25) is 0 Å². The Bertz CT molecular complexity index is 832. The number of hydrogen-bond donors (Lipinski definition) is 3. The molecule has 0 heterocycles. The zero-order valence-electron chi connectivity index (χ0n) is 22.5. The second kappa shape index (κ2) is 7.93.